The van der Waals surface area contributed by atoms with Crippen molar-refractivity contribution in [1.82, 2.24) is 15.1 Å². The number of amides is 1. The van der Waals surface area contributed by atoms with Gasteiger partial charge in [0.25, 0.3) is 0 Å². The maximum absolute atomic E-state index is 12.7. The summed E-state index contributed by atoms with van der Waals surface area (Å²) >= 11 is 5.92. The van der Waals surface area contributed by atoms with Crippen LogP contribution >= 0.6 is 11.6 Å². The van der Waals surface area contributed by atoms with Gasteiger partial charge >= 0.3 is 0 Å². The van der Waals surface area contributed by atoms with Gasteiger partial charge in [-0.1, -0.05) is 41.4 Å². The largest absolute Gasteiger partial charge is 0.419 e. The first-order chi connectivity index (χ1) is 13.6. The third-order valence-electron chi connectivity index (χ3n) is 4.59. The lowest BCUT2D eigenvalue weighted by Crippen LogP contribution is -2.31. The Morgan fingerprint density at radius 3 is 2.71 bits per heavy atom. The Morgan fingerprint density at radius 1 is 1.21 bits per heavy atom. The minimum absolute atomic E-state index is 0.0461. The number of halogens is 1. The summed E-state index contributed by atoms with van der Waals surface area (Å²) in [6, 6.07) is 15.5. The molecule has 1 aliphatic rings. The van der Waals surface area contributed by atoms with Gasteiger partial charge in [-0.2, -0.15) is 0 Å². The molecule has 0 saturated heterocycles. The minimum atomic E-state index is -0.0461. The van der Waals surface area contributed by atoms with Crippen LogP contribution in [0.3, 0.4) is 0 Å². The van der Waals surface area contributed by atoms with Crippen molar-refractivity contribution in [3.8, 4) is 11.5 Å². The molecule has 1 aromatic heterocycles. The van der Waals surface area contributed by atoms with Gasteiger partial charge in [0.15, 0.2) is 0 Å². The number of carbonyl (C=O) groups is 1. The van der Waals surface area contributed by atoms with E-state index in [0.29, 0.717) is 23.3 Å². The van der Waals surface area contributed by atoms with Crippen LogP contribution in [-0.4, -0.2) is 27.0 Å². The zero-order valence-corrected chi connectivity index (χ0v) is 16.3. The molecule has 1 saturated carbocycles. The zero-order valence-electron chi connectivity index (χ0n) is 15.5. The SMILES string of the molecule is Cc1cccc(/C=C/C(=O)N(Cc2nnc(-c3ccc(Cl)cc3)o2)C2CC2)c1. The van der Waals surface area contributed by atoms with Crippen molar-refractivity contribution in [2.75, 3.05) is 0 Å². The van der Waals surface area contributed by atoms with E-state index in [2.05, 4.69) is 10.2 Å². The number of nitrogens with zero attached hydrogens (tertiary/aromatic N) is 3. The second kappa shape index (κ2) is 7.98. The average Bonchev–Trinajstić information content (AvgIpc) is 3.43. The summed E-state index contributed by atoms with van der Waals surface area (Å²) in [5.74, 6) is 0.801. The van der Waals surface area contributed by atoms with Gasteiger partial charge in [-0.05, 0) is 55.7 Å². The molecule has 0 radical (unpaired) electrons. The Bertz CT molecular complexity index is 1010. The molecule has 28 heavy (non-hydrogen) atoms. The Balaban J connectivity index is 1.47. The molecule has 0 unspecified atom stereocenters. The molecule has 3 aromatic rings. The Kier molecular flexibility index (Phi) is 5.26. The van der Waals surface area contributed by atoms with Crippen LogP contribution in [0.15, 0.2) is 59.0 Å². The van der Waals surface area contributed by atoms with Crippen LogP contribution < -0.4 is 0 Å². The monoisotopic (exact) mass is 393 g/mol. The van der Waals surface area contributed by atoms with Crippen LogP contribution in [0.5, 0.6) is 0 Å². The lowest BCUT2D eigenvalue weighted by molar-refractivity contribution is -0.127. The van der Waals surface area contributed by atoms with Crippen LogP contribution in [0, 0.1) is 6.92 Å². The third kappa shape index (κ3) is 4.49. The van der Waals surface area contributed by atoms with E-state index in [1.54, 1.807) is 23.1 Å². The molecule has 1 fully saturated rings. The second-order valence-electron chi connectivity index (χ2n) is 6.95. The van der Waals surface area contributed by atoms with Crippen molar-refractivity contribution in [2.24, 2.45) is 0 Å². The fourth-order valence-electron chi connectivity index (χ4n) is 2.98. The van der Waals surface area contributed by atoms with Crippen LogP contribution in [0.4, 0.5) is 0 Å². The molecule has 0 spiro atoms. The van der Waals surface area contributed by atoms with Crippen LogP contribution in [0.1, 0.15) is 29.9 Å². The van der Waals surface area contributed by atoms with Gasteiger partial charge in [-0.15, -0.1) is 10.2 Å². The standard InChI is InChI=1S/C22H20ClN3O2/c1-15-3-2-4-16(13-15)5-12-21(27)26(19-10-11-19)14-20-24-25-22(28-20)17-6-8-18(23)9-7-17/h2-9,12-13,19H,10-11,14H2,1H3/b12-5+. The van der Waals surface area contributed by atoms with Crippen molar-refractivity contribution in [3.05, 3.63) is 76.6 Å². The highest BCUT2D eigenvalue weighted by atomic mass is 35.5. The zero-order chi connectivity index (χ0) is 19.5. The Labute approximate surface area is 168 Å². The van der Waals surface area contributed by atoms with Crippen LogP contribution in [-0.2, 0) is 11.3 Å². The first-order valence-electron chi connectivity index (χ1n) is 9.22. The number of hydrogen-bond acceptors (Lipinski definition) is 4. The molecule has 0 atom stereocenters. The van der Waals surface area contributed by atoms with Crippen molar-refractivity contribution >= 4 is 23.6 Å². The van der Waals surface area contributed by atoms with Crippen molar-refractivity contribution in [3.63, 3.8) is 0 Å². The summed E-state index contributed by atoms with van der Waals surface area (Å²) in [4.78, 5) is 14.5. The van der Waals surface area contributed by atoms with Gasteiger partial charge in [-0.25, -0.2) is 0 Å². The van der Waals surface area contributed by atoms with Gasteiger partial charge in [0.05, 0.1) is 6.54 Å². The molecule has 1 aliphatic carbocycles. The molecule has 2 aromatic carbocycles. The van der Waals surface area contributed by atoms with E-state index in [0.717, 1.165) is 29.5 Å². The first-order valence-corrected chi connectivity index (χ1v) is 9.60. The number of rotatable bonds is 6. The lowest BCUT2D eigenvalue weighted by atomic mass is 10.1. The van der Waals surface area contributed by atoms with E-state index in [-0.39, 0.29) is 11.9 Å². The molecule has 0 aliphatic heterocycles. The topological polar surface area (TPSA) is 59.2 Å². The normalized spacial score (nSPS) is 13.8. The smallest absolute Gasteiger partial charge is 0.247 e. The highest BCUT2D eigenvalue weighted by molar-refractivity contribution is 6.30. The van der Waals surface area contributed by atoms with E-state index in [1.807, 2.05) is 49.4 Å². The molecule has 6 heteroatoms. The maximum atomic E-state index is 12.7. The fraction of sp³-hybridized carbons (Fsp3) is 0.227. The van der Waals surface area contributed by atoms with Crippen molar-refractivity contribution in [1.29, 1.82) is 0 Å². The van der Waals surface area contributed by atoms with E-state index in [4.69, 9.17) is 16.0 Å². The van der Waals surface area contributed by atoms with Crippen LogP contribution in [0.2, 0.25) is 5.02 Å². The van der Waals surface area contributed by atoms with Crippen molar-refractivity contribution in [2.45, 2.75) is 32.4 Å². The number of benzene rings is 2. The molecule has 1 heterocycles. The molecular weight excluding hydrogens is 374 g/mol. The quantitative estimate of drug-likeness (QED) is 0.559. The Morgan fingerprint density at radius 2 is 2.00 bits per heavy atom. The van der Waals surface area contributed by atoms with E-state index < -0.39 is 0 Å². The molecule has 1 amide bonds. The van der Waals surface area contributed by atoms with E-state index in [9.17, 15) is 4.79 Å². The summed E-state index contributed by atoms with van der Waals surface area (Å²) in [7, 11) is 0. The summed E-state index contributed by atoms with van der Waals surface area (Å²) < 4.78 is 5.76. The fourth-order valence-corrected chi connectivity index (χ4v) is 3.11. The van der Waals surface area contributed by atoms with Gasteiger partial charge in [0.1, 0.15) is 0 Å². The van der Waals surface area contributed by atoms with Gasteiger partial charge in [-0.3, -0.25) is 4.79 Å². The number of aryl methyl sites for hydroxylation is 1. The van der Waals surface area contributed by atoms with Gasteiger partial charge < -0.3 is 9.32 Å². The summed E-state index contributed by atoms with van der Waals surface area (Å²) in [5.41, 5.74) is 2.97. The second-order valence-corrected chi connectivity index (χ2v) is 7.39. The van der Waals surface area contributed by atoms with Gasteiger partial charge in [0, 0.05) is 22.7 Å². The summed E-state index contributed by atoms with van der Waals surface area (Å²) in [6.07, 6.45) is 5.46. The number of aromatic nitrogens is 2. The van der Waals surface area contributed by atoms with Gasteiger partial charge in [0.2, 0.25) is 17.7 Å². The molecule has 142 valence electrons. The third-order valence-corrected chi connectivity index (χ3v) is 4.85. The highest BCUT2D eigenvalue weighted by Crippen LogP contribution is 2.29. The van der Waals surface area contributed by atoms with E-state index in [1.165, 1.54) is 0 Å². The number of hydrogen-bond donors (Lipinski definition) is 0. The minimum Gasteiger partial charge on any atom is -0.419 e. The molecular formula is C22H20ClN3O2. The molecule has 4 rings (SSSR count). The predicted molar refractivity (Wildman–Crippen MR) is 109 cm³/mol. The average molecular weight is 394 g/mol. The highest BCUT2D eigenvalue weighted by Gasteiger charge is 2.32. The predicted octanol–water partition coefficient (Wildman–Crippen LogP) is 4.90. The molecule has 0 N–H and O–H groups in total. The summed E-state index contributed by atoms with van der Waals surface area (Å²) in [6.45, 7) is 2.34. The maximum Gasteiger partial charge on any atom is 0.247 e. The van der Waals surface area contributed by atoms with E-state index >= 15 is 0 Å². The Hall–Kier alpha value is -2.92. The van der Waals surface area contributed by atoms with Crippen molar-refractivity contribution < 1.29 is 9.21 Å². The molecule has 0 bridgehead atoms. The summed E-state index contributed by atoms with van der Waals surface area (Å²) in [5, 5.41) is 8.85. The molecule has 5 nitrogen and oxygen atoms in total. The first kappa shape index (κ1) is 18.4. The number of carbonyl (C=O) groups excluding carboxylic acids is 1. The lowest BCUT2D eigenvalue weighted by Gasteiger charge is -2.18. The van der Waals surface area contributed by atoms with Crippen LogP contribution in [0.25, 0.3) is 17.5 Å².